The summed E-state index contributed by atoms with van der Waals surface area (Å²) >= 11 is 3.41. The van der Waals surface area contributed by atoms with Crippen molar-refractivity contribution in [2.75, 3.05) is 4.90 Å². The number of amides is 2. The standard InChI is InChI=1S/C14H14BrNO2/c15-11-7-3-4-8-12(11)16-13(17)9-5-1-2-6-10(9)14(16)18/h3-4,7-10H,1-2,5-6H2/t9-,10-/m0/s1. The molecule has 0 bridgehead atoms. The van der Waals surface area contributed by atoms with Crippen LogP contribution < -0.4 is 4.90 Å². The summed E-state index contributed by atoms with van der Waals surface area (Å²) in [6.07, 6.45) is 3.83. The van der Waals surface area contributed by atoms with Crippen LogP contribution in [0.5, 0.6) is 0 Å². The number of halogens is 1. The third kappa shape index (κ3) is 1.70. The molecule has 0 aromatic heterocycles. The number of benzene rings is 1. The Kier molecular flexibility index (Phi) is 2.98. The van der Waals surface area contributed by atoms with Crippen molar-refractivity contribution < 1.29 is 9.59 Å². The first-order valence-electron chi connectivity index (χ1n) is 6.32. The molecule has 2 amide bonds. The summed E-state index contributed by atoms with van der Waals surface area (Å²) in [5.74, 6) is -0.204. The normalized spacial score (nSPS) is 27.5. The van der Waals surface area contributed by atoms with Crippen LogP contribution in [0.1, 0.15) is 25.7 Å². The van der Waals surface area contributed by atoms with Gasteiger partial charge in [-0.05, 0) is 40.9 Å². The Morgan fingerprint density at radius 2 is 1.56 bits per heavy atom. The van der Waals surface area contributed by atoms with Crippen LogP contribution in [0.2, 0.25) is 0 Å². The maximum atomic E-state index is 12.4. The van der Waals surface area contributed by atoms with Crippen LogP contribution in [0.3, 0.4) is 0 Å². The van der Waals surface area contributed by atoms with Gasteiger partial charge in [0, 0.05) is 4.47 Å². The summed E-state index contributed by atoms with van der Waals surface area (Å²) in [6, 6.07) is 7.41. The number of nitrogens with zero attached hydrogens (tertiary/aromatic N) is 1. The second kappa shape index (κ2) is 4.50. The number of rotatable bonds is 1. The fourth-order valence-electron chi connectivity index (χ4n) is 3.03. The van der Waals surface area contributed by atoms with Crippen LogP contribution in [-0.2, 0) is 9.59 Å². The topological polar surface area (TPSA) is 37.4 Å². The van der Waals surface area contributed by atoms with Gasteiger partial charge in [-0.3, -0.25) is 9.59 Å². The molecular formula is C14H14BrNO2. The molecule has 1 aliphatic heterocycles. The van der Waals surface area contributed by atoms with Crippen LogP contribution in [0.25, 0.3) is 0 Å². The summed E-state index contributed by atoms with van der Waals surface area (Å²) < 4.78 is 0.797. The quantitative estimate of drug-likeness (QED) is 0.748. The third-order valence-electron chi connectivity index (χ3n) is 3.93. The number of hydrogen-bond donors (Lipinski definition) is 0. The van der Waals surface area contributed by atoms with E-state index >= 15 is 0 Å². The van der Waals surface area contributed by atoms with Crippen molar-refractivity contribution in [1.82, 2.24) is 0 Å². The number of carbonyl (C=O) groups is 2. The molecule has 0 radical (unpaired) electrons. The highest BCUT2D eigenvalue weighted by Crippen LogP contribution is 2.41. The number of anilines is 1. The van der Waals surface area contributed by atoms with Crippen LogP contribution in [-0.4, -0.2) is 11.8 Å². The highest BCUT2D eigenvalue weighted by Gasteiger charge is 2.48. The molecule has 1 heterocycles. The first kappa shape index (κ1) is 11.9. The minimum atomic E-state index is -0.0849. The van der Waals surface area contributed by atoms with E-state index in [2.05, 4.69) is 15.9 Å². The first-order chi connectivity index (χ1) is 8.70. The molecule has 0 N–H and O–H groups in total. The fourth-order valence-corrected chi connectivity index (χ4v) is 3.49. The summed E-state index contributed by atoms with van der Waals surface area (Å²) in [4.78, 5) is 26.2. The van der Waals surface area contributed by atoms with Crippen molar-refractivity contribution in [3.05, 3.63) is 28.7 Å². The molecule has 1 aromatic rings. The Bertz CT molecular complexity index is 490. The summed E-state index contributed by atoms with van der Waals surface area (Å²) in [5, 5.41) is 0. The van der Waals surface area contributed by atoms with E-state index in [4.69, 9.17) is 0 Å². The molecule has 2 aliphatic rings. The Morgan fingerprint density at radius 3 is 2.11 bits per heavy atom. The van der Waals surface area contributed by atoms with Gasteiger partial charge >= 0.3 is 0 Å². The van der Waals surface area contributed by atoms with Crippen LogP contribution in [0, 0.1) is 11.8 Å². The van der Waals surface area contributed by atoms with Gasteiger partial charge in [0.15, 0.2) is 0 Å². The van der Waals surface area contributed by atoms with E-state index in [0.29, 0.717) is 5.69 Å². The summed E-state index contributed by atoms with van der Waals surface area (Å²) in [5.41, 5.74) is 0.682. The lowest BCUT2D eigenvalue weighted by Gasteiger charge is -2.19. The lowest BCUT2D eigenvalue weighted by atomic mass is 9.81. The third-order valence-corrected chi connectivity index (χ3v) is 4.61. The number of hydrogen-bond acceptors (Lipinski definition) is 2. The predicted octanol–water partition coefficient (Wildman–Crippen LogP) is 3.13. The monoisotopic (exact) mass is 307 g/mol. The minimum Gasteiger partial charge on any atom is -0.274 e. The lowest BCUT2D eigenvalue weighted by molar-refractivity contribution is -0.122. The van der Waals surface area contributed by atoms with Gasteiger partial charge in [0.05, 0.1) is 17.5 Å². The second-order valence-corrected chi connectivity index (χ2v) is 5.82. The van der Waals surface area contributed by atoms with Gasteiger partial charge < -0.3 is 0 Å². The number of para-hydroxylation sites is 1. The van der Waals surface area contributed by atoms with Gasteiger partial charge in [-0.25, -0.2) is 4.90 Å². The van der Waals surface area contributed by atoms with Gasteiger partial charge in [-0.2, -0.15) is 0 Å². The second-order valence-electron chi connectivity index (χ2n) is 4.96. The summed E-state index contributed by atoms with van der Waals surface area (Å²) in [6.45, 7) is 0. The molecule has 0 spiro atoms. The SMILES string of the molecule is O=C1[C@H]2CCCC[C@@H]2C(=O)N1c1ccccc1Br. The maximum absolute atomic E-state index is 12.4. The van der Waals surface area contributed by atoms with E-state index in [1.165, 1.54) is 4.90 Å². The Hall–Kier alpha value is -1.16. The molecule has 0 unspecified atom stereocenters. The molecule has 3 rings (SSSR count). The Balaban J connectivity index is 2.00. The van der Waals surface area contributed by atoms with Crippen molar-refractivity contribution in [3.63, 3.8) is 0 Å². The highest BCUT2D eigenvalue weighted by atomic mass is 79.9. The molecule has 4 heteroatoms. The summed E-state index contributed by atoms with van der Waals surface area (Å²) in [7, 11) is 0. The average Bonchev–Trinajstić information content (AvgIpc) is 2.64. The van der Waals surface area contributed by atoms with Crippen molar-refractivity contribution in [3.8, 4) is 0 Å². The molecule has 1 saturated heterocycles. The first-order valence-corrected chi connectivity index (χ1v) is 7.12. The van der Waals surface area contributed by atoms with E-state index in [0.717, 1.165) is 30.2 Å². The average molecular weight is 308 g/mol. The van der Waals surface area contributed by atoms with E-state index in [1.807, 2.05) is 24.3 Å². The van der Waals surface area contributed by atoms with Crippen molar-refractivity contribution >= 4 is 33.4 Å². The van der Waals surface area contributed by atoms with Gasteiger partial charge in [0.25, 0.3) is 0 Å². The minimum absolute atomic E-state index is 0.0170. The molecular weight excluding hydrogens is 294 g/mol. The smallest absolute Gasteiger partial charge is 0.237 e. The fraction of sp³-hybridized carbons (Fsp3) is 0.429. The van der Waals surface area contributed by atoms with E-state index in [9.17, 15) is 9.59 Å². The number of fused-ring (bicyclic) bond motifs is 1. The van der Waals surface area contributed by atoms with E-state index in [-0.39, 0.29) is 23.7 Å². The molecule has 2 fully saturated rings. The largest absolute Gasteiger partial charge is 0.274 e. The molecule has 1 saturated carbocycles. The molecule has 1 aliphatic carbocycles. The number of imide groups is 1. The van der Waals surface area contributed by atoms with Crippen molar-refractivity contribution in [2.45, 2.75) is 25.7 Å². The zero-order valence-electron chi connectivity index (χ0n) is 9.93. The molecule has 18 heavy (non-hydrogen) atoms. The van der Waals surface area contributed by atoms with Gasteiger partial charge in [0.2, 0.25) is 11.8 Å². The Morgan fingerprint density at radius 1 is 1.00 bits per heavy atom. The molecule has 2 atom stereocenters. The van der Waals surface area contributed by atoms with E-state index < -0.39 is 0 Å². The van der Waals surface area contributed by atoms with Crippen LogP contribution in [0.4, 0.5) is 5.69 Å². The molecule has 1 aromatic carbocycles. The van der Waals surface area contributed by atoms with Crippen molar-refractivity contribution in [2.24, 2.45) is 11.8 Å². The predicted molar refractivity (Wildman–Crippen MR) is 72.1 cm³/mol. The Labute approximate surface area is 114 Å². The zero-order valence-corrected chi connectivity index (χ0v) is 11.5. The maximum Gasteiger partial charge on any atom is 0.237 e. The van der Waals surface area contributed by atoms with Gasteiger partial charge in [0.1, 0.15) is 0 Å². The highest BCUT2D eigenvalue weighted by molar-refractivity contribution is 9.10. The van der Waals surface area contributed by atoms with Crippen LogP contribution >= 0.6 is 15.9 Å². The lowest BCUT2D eigenvalue weighted by Crippen LogP contribution is -2.31. The van der Waals surface area contributed by atoms with Crippen LogP contribution in [0.15, 0.2) is 28.7 Å². The molecule has 3 nitrogen and oxygen atoms in total. The van der Waals surface area contributed by atoms with Crippen molar-refractivity contribution in [1.29, 1.82) is 0 Å². The van der Waals surface area contributed by atoms with E-state index in [1.54, 1.807) is 0 Å². The zero-order chi connectivity index (χ0) is 12.7. The van der Waals surface area contributed by atoms with Gasteiger partial charge in [-0.15, -0.1) is 0 Å². The van der Waals surface area contributed by atoms with Gasteiger partial charge in [-0.1, -0.05) is 25.0 Å². The molecule has 94 valence electrons. The number of carbonyl (C=O) groups excluding carboxylic acids is 2.